The lowest BCUT2D eigenvalue weighted by molar-refractivity contribution is -0.150. The lowest BCUT2D eigenvalue weighted by Gasteiger charge is -2.28. The van der Waals surface area contributed by atoms with Crippen molar-refractivity contribution in [2.45, 2.75) is 38.5 Å². The third-order valence-corrected chi connectivity index (χ3v) is 3.94. The van der Waals surface area contributed by atoms with Gasteiger partial charge in [-0.05, 0) is 27.8 Å². The molecule has 0 aromatic carbocycles. The number of amides is 1. The van der Waals surface area contributed by atoms with E-state index in [0.29, 0.717) is 13.2 Å². The van der Waals surface area contributed by atoms with Crippen LogP contribution in [0.3, 0.4) is 0 Å². The van der Waals surface area contributed by atoms with Crippen LogP contribution in [0.2, 0.25) is 0 Å². The zero-order valence-electron chi connectivity index (χ0n) is 14.0. The average molecular weight is 314 g/mol. The van der Waals surface area contributed by atoms with Crippen LogP contribution in [0.25, 0.3) is 0 Å². The first-order valence-corrected chi connectivity index (χ1v) is 7.60. The summed E-state index contributed by atoms with van der Waals surface area (Å²) in [5, 5.41) is 0. The van der Waals surface area contributed by atoms with Crippen molar-refractivity contribution < 1.29 is 23.8 Å². The first-order chi connectivity index (χ1) is 10.2. The van der Waals surface area contributed by atoms with E-state index in [1.807, 2.05) is 7.05 Å². The number of hydrogen-bond acceptors (Lipinski definition) is 6. The molecule has 0 aromatic rings. The molecular formula is C15H26N2O5. The normalized spacial score (nSPS) is 29.7. The van der Waals surface area contributed by atoms with E-state index in [1.165, 1.54) is 12.0 Å². The number of likely N-dealkylation sites (N-methyl/N-ethyl adjacent to an activating group) is 1. The predicted octanol–water partition coefficient (Wildman–Crippen LogP) is 0.725. The largest absolute Gasteiger partial charge is 0.467 e. The van der Waals surface area contributed by atoms with Crippen molar-refractivity contribution in [2.24, 2.45) is 5.92 Å². The van der Waals surface area contributed by atoms with Crippen molar-refractivity contribution in [2.75, 3.05) is 40.4 Å². The summed E-state index contributed by atoms with van der Waals surface area (Å²) in [4.78, 5) is 28.2. The highest BCUT2D eigenvalue weighted by Gasteiger charge is 2.51. The molecule has 0 aliphatic carbocycles. The minimum Gasteiger partial charge on any atom is -0.467 e. The van der Waals surface area contributed by atoms with Crippen LogP contribution in [0.4, 0.5) is 4.79 Å². The maximum absolute atomic E-state index is 12.4. The van der Waals surface area contributed by atoms with Crippen LogP contribution < -0.4 is 0 Å². The maximum atomic E-state index is 12.4. The van der Waals surface area contributed by atoms with Gasteiger partial charge < -0.3 is 19.1 Å². The summed E-state index contributed by atoms with van der Waals surface area (Å²) in [6.07, 6.45) is -0.841. The second-order valence-electron chi connectivity index (χ2n) is 6.96. The second kappa shape index (κ2) is 6.42. The van der Waals surface area contributed by atoms with Crippen LogP contribution >= 0.6 is 0 Å². The highest BCUT2D eigenvalue weighted by atomic mass is 16.6. The number of methoxy groups -OCH3 is 1. The Balaban J connectivity index is 2.21. The molecule has 0 saturated carbocycles. The van der Waals surface area contributed by atoms with Crippen LogP contribution in [0, 0.1) is 5.92 Å². The predicted molar refractivity (Wildman–Crippen MR) is 79.5 cm³/mol. The molecule has 1 amide bonds. The van der Waals surface area contributed by atoms with Crippen LogP contribution in [0.15, 0.2) is 0 Å². The molecule has 2 aliphatic heterocycles. The number of esters is 1. The number of carbonyl (C=O) groups excluding carboxylic acids is 2. The first kappa shape index (κ1) is 17.0. The molecule has 0 spiro atoms. The fourth-order valence-electron chi connectivity index (χ4n) is 3.02. The van der Waals surface area contributed by atoms with E-state index in [2.05, 4.69) is 4.90 Å². The molecule has 2 rings (SSSR count). The molecule has 0 bridgehead atoms. The molecular weight excluding hydrogens is 288 g/mol. The number of nitrogens with zero attached hydrogens (tertiary/aromatic N) is 2. The molecule has 3 atom stereocenters. The Hall–Kier alpha value is -1.34. The van der Waals surface area contributed by atoms with E-state index < -0.39 is 23.7 Å². The Morgan fingerprint density at radius 2 is 1.91 bits per heavy atom. The molecule has 0 aromatic heterocycles. The highest BCUT2D eigenvalue weighted by Crippen LogP contribution is 2.31. The van der Waals surface area contributed by atoms with Crippen molar-refractivity contribution >= 4 is 12.1 Å². The monoisotopic (exact) mass is 314 g/mol. The van der Waals surface area contributed by atoms with E-state index >= 15 is 0 Å². The zero-order chi connectivity index (χ0) is 16.5. The van der Waals surface area contributed by atoms with Crippen LogP contribution in [-0.2, 0) is 19.0 Å². The van der Waals surface area contributed by atoms with Gasteiger partial charge >= 0.3 is 12.1 Å². The number of ether oxygens (including phenoxy) is 3. The Morgan fingerprint density at radius 3 is 2.50 bits per heavy atom. The summed E-state index contributed by atoms with van der Waals surface area (Å²) < 4.78 is 16.2. The number of carbonyl (C=O) groups is 2. The van der Waals surface area contributed by atoms with Gasteiger partial charge in [-0.3, -0.25) is 4.90 Å². The van der Waals surface area contributed by atoms with Gasteiger partial charge in [0.25, 0.3) is 0 Å². The van der Waals surface area contributed by atoms with E-state index in [-0.39, 0.29) is 12.0 Å². The number of hydrogen-bond donors (Lipinski definition) is 0. The van der Waals surface area contributed by atoms with Gasteiger partial charge in [0.1, 0.15) is 5.60 Å². The molecule has 0 radical (unpaired) electrons. The number of rotatable bonds is 1. The summed E-state index contributed by atoms with van der Waals surface area (Å²) >= 11 is 0. The van der Waals surface area contributed by atoms with Crippen molar-refractivity contribution in [3.05, 3.63) is 0 Å². The average Bonchev–Trinajstić information content (AvgIpc) is 2.65. The van der Waals surface area contributed by atoms with E-state index in [9.17, 15) is 9.59 Å². The highest BCUT2D eigenvalue weighted by molar-refractivity contribution is 5.83. The van der Waals surface area contributed by atoms with Gasteiger partial charge in [-0.25, -0.2) is 9.59 Å². The van der Waals surface area contributed by atoms with Gasteiger partial charge in [-0.1, -0.05) is 0 Å². The van der Waals surface area contributed by atoms with Gasteiger partial charge in [0.05, 0.1) is 19.8 Å². The van der Waals surface area contributed by atoms with Crippen molar-refractivity contribution in [1.82, 2.24) is 9.80 Å². The molecule has 2 saturated heterocycles. The molecule has 2 aliphatic rings. The topological polar surface area (TPSA) is 68.3 Å². The Morgan fingerprint density at radius 1 is 1.23 bits per heavy atom. The summed E-state index contributed by atoms with van der Waals surface area (Å²) in [7, 11) is 3.33. The van der Waals surface area contributed by atoms with Crippen molar-refractivity contribution in [3.63, 3.8) is 0 Å². The molecule has 0 unspecified atom stereocenters. The van der Waals surface area contributed by atoms with Gasteiger partial charge in [0.2, 0.25) is 0 Å². The lowest BCUT2D eigenvalue weighted by Crippen LogP contribution is -2.48. The first-order valence-electron chi connectivity index (χ1n) is 7.60. The van der Waals surface area contributed by atoms with Gasteiger partial charge in [-0.2, -0.15) is 0 Å². The Labute approximate surface area is 131 Å². The Bertz CT molecular complexity index is 434. The Kier molecular flexibility index (Phi) is 4.97. The molecule has 126 valence electrons. The molecule has 2 fully saturated rings. The zero-order valence-corrected chi connectivity index (χ0v) is 14.0. The minimum absolute atomic E-state index is 0.0733. The third-order valence-electron chi connectivity index (χ3n) is 3.94. The summed E-state index contributed by atoms with van der Waals surface area (Å²) in [5.41, 5.74) is -0.611. The SMILES string of the molecule is COC(=O)[C@@H]1[C@@H]2OCCN(C)C[C@H]2CN1C(=O)OC(C)(C)C. The summed E-state index contributed by atoms with van der Waals surface area (Å²) in [5.74, 6) is -0.382. The molecule has 2 heterocycles. The van der Waals surface area contributed by atoms with Crippen LogP contribution in [0.1, 0.15) is 20.8 Å². The maximum Gasteiger partial charge on any atom is 0.411 e. The standard InChI is InChI=1S/C15H26N2O5/c1-15(2,3)22-14(19)17-9-10-8-16(4)6-7-21-12(10)11(17)13(18)20-5/h10-12H,6-9H2,1-5H3/t10-,11-,12+/m0/s1. The smallest absolute Gasteiger partial charge is 0.411 e. The lowest BCUT2D eigenvalue weighted by atomic mass is 10.0. The molecule has 0 N–H and O–H groups in total. The third kappa shape index (κ3) is 3.70. The summed E-state index contributed by atoms with van der Waals surface area (Å²) in [6.45, 7) is 7.96. The van der Waals surface area contributed by atoms with Gasteiger partial charge in [0, 0.05) is 25.6 Å². The molecule has 7 nitrogen and oxygen atoms in total. The minimum atomic E-state index is -0.739. The summed E-state index contributed by atoms with van der Waals surface area (Å²) in [6, 6.07) is -0.739. The van der Waals surface area contributed by atoms with E-state index in [1.54, 1.807) is 20.8 Å². The van der Waals surface area contributed by atoms with E-state index in [0.717, 1.165) is 13.1 Å². The fourth-order valence-corrected chi connectivity index (χ4v) is 3.02. The van der Waals surface area contributed by atoms with Gasteiger partial charge in [-0.15, -0.1) is 0 Å². The van der Waals surface area contributed by atoms with Crippen molar-refractivity contribution in [3.8, 4) is 0 Å². The van der Waals surface area contributed by atoms with E-state index in [4.69, 9.17) is 14.2 Å². The molecule has 22 heavy (non-hydrogen) atoms. The van der Waals surface area contributed by atoms with Gasteiger partial charge in [0.15, 0.2) is 6.04 Å². The quantitative estimate of drug-likeness (QED) is 0.665. The van der Waals surface area contributed by atoms with Crippen molar-refractivity contribution in [1.29, 1.82) is 0 Å². The number of fused-ring (bicyclic) bond motifs is 1. The van der Waals surface area contributed by atoms with Crippen LogP contribution in [0.5, 0.6) is 0 Å². The second-order valence-corrected chi connectivity index (χ2v) is 6.96. The fraction of sp³-hybridized carbons (Fsp3) is 0.867. The molecule has 7 heteroatoms. The van der Waals surface area contributed by atoms with Crippen LogP contribution in [-0.4, -0.2) is 80.0 Å². The number of likely N-dealkylation sites (tertiary alicyclic amines) is 1.